The first-order chi connectivity index (χ1) is 8.99. The van der Waals surface area contributed by atoms with Gasteiger partial charge in [0.2, 0.25) is 0 Å². The van der Waals surface area contributed by atoms with E-state index in [0.717, 1.165) is 5.56 Å². The van der Waals surface area contributed by atoms with Crippen molar-refractivity contribution in [2.75, 3.05) is 6.61 Å². The van der Waals surface area contributed by atoms with Gasteiger partial charge in [-0.15, -0.1) is 0 Å². The molecule has 2 rings (SSSR count). The number of nitrogens with two attached hydrogens (primary N) is 1. The summed E-state index contributed by atoms with van der Waals surface area (Å²) >= 11 is 0. The highest BCUT2D eigenvalue weighted by Crippen LogP contribution is 2.44. The van der Waals surface area contributed by atoms with Gasteiger partial charge in [-0.2, -0.15) is 0 Å². The minimum Gasteiger partial charge on any atom is -0.465 e. The maximum atomic E-state index is 12.2. The van der Waals surface area contributed by atoms with Crippen molar-refractivity contribution in [3.05, 3.63) is 35.4 Å². The maximum absolute atomic E-state index is 12.2. The fourth-order valence-corrected chi connectivity index (χ4v) is 2.81. The molecule has 0 saturated heterocycles. The molecule has 1 fully saturated rings. The minimum absolute atomic E-state index is 0.106. The van der Waals surface area contributed by atoms with E-state index in [1.165, 1.54) is 5.56 Å². The number of ether oxygens (including phenoxy) is 1. The molecule has 1 saturated carbocycles. The van der Waals surface area contributed by atoms with E-state index in [-0.39, 0.29) is 12.0 Å². The van der Waals surface area contributed by atoms with Gasteiger partial charge in [-0.3, -0.25) is 4.79 Å². The molecular weight excluding hydrogens is 238 g/mol. The van der Waals surface area contributed by atoms with Crippen LogP contribution in [0.4, 0.5) is 0 Å². The average Bonchev–Trinajstić information content (AvgIpc) is 2.35. The van der Waals surface area contributed by atoms with Crippen molar-refractivity contribution in [3.63, 3.8) is 0 Å². The molecule has 0 unspecified atom stereocenters. The van der Waals surface area contributed by atoms with Crippen molar-refractivity contribution in [3.8, 4) is 0 Å². The topological polar surface area (TPSA) is 52.3 Å². The number of esters is 1. The SMILES string of the molecule is CCOC(=O)C1(c2ccc(C(C)C)cc2)CC(N)C1. The molecule has 0 bridgehead atoms. The molecule has 3 heteroatoms. The van der Waals surface area contributed by atoms with Crippen molar-refractivity contribution in [1.29, 1.82) is 0 Å². The Bertz CT molecular complexity index is 444. The lowest BCUT2D eigenvalue weighted by atomic mass is 9.61. The summed E-state index contributed by atoms with van der Waals surface area (Å²) in [5.41, 5.74) is 7.71. The second kappa shape index (κ2) is 5.33. The lowest BCUT2D eigenvalue weighted by Crippen LogP contribution is -2.54. The lowest BCUT2D eigenvalue weighted by molar-refractivity contribution is -0.154. The van der Waals surface area contributed by atoms with Crippen molar-refractivity contribution in [2.45, 2.75) is 51.0 Å². The zero-order valence-corrected chi connectivity index (χ0v) is 12.0. The van der Waals surface area contributed by atoms with Crippen LogP contribution in [0.25, 0.3) is 0 Å². The average molecular weight is 261 g/mol. The predicted octanol–water partition coefficient (Wildman–Crippen LogP) is 2.73. The van der Waals surface area contributed by atoms with Gasteiger partial charge < -0.3 is 10.5 Å². The number of carbonyl (C=O) groups is 1. The van der Waals surface area contributed by atoms with Gasteiger partial charge in [0.05, 0.1) is 12.0 Å². The molecule has 104 valence electrons. The third-order valence-electron chi connectivity index (χ3n) is 4.02. The summed E-state index contributed by atoms with van der Waals surface area (Å²) in [4.78, 5) is 12.2. The van der Waals surface area contributed by atoms with Crippen LogP contribution >= 0.6 is 0 Å². The quantitative estimate of drug-likeness (QED) is 0.848. The summed E-state index contributed by atoms with van der Waals surface area (Å²) in [6.45, 7) is 6.58. The van der Waals surface area contributed by atoms with Gasteiger partial charge in [-0.25, -0.2) is 0 Å². The van der Waals surface area contributed by atoms with E-state index in [9.17, 15) is 4.79 Å². The van der Waals surface area contributed by atoms with E-state index in [4.69, 9.17) is 10.5 Å². The molecule has 0 spiro atoms. The Labute approximate surface area is 115 Å². The standard InChI is InChI=1S/C16H23NO2/c1-4-19-15(18)16(9-14(17)10-16)13-7-5-12(6-8-13)11(2)3/h5-8,11,14H,4,9-10,17H2,1-3H3. The van der Waals surface area contributed by atoms with Crippen LogP contribution < -0.4 is 5.73 Å². The number of rotatable bonds is 4. The first kappa shape index (κ1) is 14.1. The Morgan fingerprint density at radius 2 is 1.95 bits per heavy atom. The van der Waals surface area contributed by atoms with Gasteiger partial charge in [0.25, 0.3) is 0 Å². The lowest BCUT2D eigenvalue weighted by Gasteiger charge is -2.44. The number of benzene rings is 1. The second-order valence-corrected chi connectivity index (χ2v) is 5.75. The van der Waals surface area contributed by atoms with Gasteiger partial charge in [-0.05, 0) is 36.8 Å². The van der Waals surface area contributed by atoms with Gasteiger partial charge in [0.1, 0.15) is 0 Å². The van der Waals surface area contributed by atoms with Crippen molar-refractivity contribution >= 4 is 5.97 Å². The highest BCUT2D eigenvalue weighted by atomic mass is 16.5. The van der Waals surface area contributed by atoms with E-state index in [1.54, 1.807) is 0 Å². The molecular formula is C16H23NO2. The Balaban J connectivity index is 2.27. The van der Waals surface area contributed by atoms with Gasteiger partial charge >= 0.3 is 5.97 Å². The Kier molecular flexibility index (Phi) is 3.95. The molecule has 3 nitrogen and oxygen atoms in total. The Hall–Kier alpha value is -1.35. The normalized spacial score (nSPS) is 26.1. The summed E-state index contributed by atoms with van der Waals surface area (Å²) in [5, 5.41) is 0. The molecule has 1 aliphatic carbocycles. The van der Waals surface area contributed by atoms with E-state index in [2.05, 4.69) is 38.1 Å². The number of carbonyl (C=O) groups excluding carboxylic acids is 1. The Morgan fingerprint density at radius 1 is 1.37 bits per heavy atom. The molecule has 1 aliphatic rings. The fourth-order valence-electron chi connectivity index (χ4n) is 2.81. The van der Waals surface area contributed by atoms with Gasteiger partial charge in [0, 0.05) is 6.04 Å². The van der Waals surface area contributed by atoms with Gasteiger partial charge in [-0.1, -0.05) is 38.1 Å². The van der Waals surface area contributed by atoms with Crippen LogP contribution in [0.1, 0.15) is 50.7 Å². The van der Waals surface area contributed by atoms with E-state index < -0.39 is 5.41 Å². The largest absolute Gasteiger partial charge is 0.465 e. The fraction of sp³-hybridized carbons (Fsp3) is 0.562. The molecule has 1 aromatic rings. The highest BCUT2D eigenvalue weighted by molar-refractivity contribution is 5.85. The summed E-state index contributed by atoms with van der Waals surface area (Å²) < 4.78 is 5.24. The van der Waals surface area contributed by atoms with Crippen molar-refractivity contribution < 1.29 is 9.53 Å². The van der Waals surface area contributed by atoms with Crippen molar-refractivity contribution in [1.82, 2.24) is 0 Å². The zero-order chi connectivity index (χ0) is 14.0. The van der Waals surface area contributed by atoms with E-state index in [0.29, 0.717) is 25.4 Å². The maximum Gasteiger partial charge on any atom is 0.316 e. The van der Waals surface area contributed by atoms with Gasteiger partial charge in [0.15, 0.2) is 0 Å². The molecule has 0 aliphatic heterocycles. The smallest absolute Gasteiger partial charge is 0.316 e. The first-order valence-electron chi connectivity index (χ1n) is 7.03. The molecule has 0 heterocycles. The Morgan fingerprint density at radius 3 is 2.37 bits per heavy atom. The van der Waals surface area contributed by atoms with Crippen LogP contribution in [0.2, 0.25) is 0 Å². The van der Waals surface area contributed by atoms with Crippen LogP contribution in [0, 0.1) is 0 Å². The monoisotopic (exact) mass is 261 g/mol. The van der Waals surface area contributed by atoms with Crippen LogP contribution in [0.15, 0.2) is 24.3 Å². The molecule has 0 aromatic heterocycles. The molecule has 2 N–H and O–H groups in total. The predicted molar refractivity (Wildman–Crippen MR) is 76.1 cm³/mol. The summed E-state index contributed by atoms with van der Waals surface area (Å²) in [7, 11) is 0. The van der Waals surface area contributed by atoms with Crippen LogP contribution in [-0.4, -0.2) is 18.6 Å². The third kappa shape index (κ3) is 2.52. The molecule has 19 heavy (non-hydrogen) atoms. The second-order valence-electron chi connectivity index (χ2n) is 5.75. The minimum atomic E-state index is -0.509. The number of hydrogen-bond acceptors (Lipinski definition) is 3. The summed E-state index contributed by atoms with van der Waals surface area (Å²) in [6.07, 6.45) is 1.37. The molecule has 1 aromatic carbocycles. The first-order valence-corrected chi connectivity index (χ1v) is 7.03. The van der Waals surface area contributed by atoms with Crippen LogP contribution in [0.3, 0.4) is 0 Å². The molecule has 0 radical (unpaired) electrons. The highest BCUT2D eigenvalue weighted by Gasteiger charge is 2.51. The van der Waals surface area contributed by atoms with Crippen LogP contribution in [0.5, 0.6) is 0 Å². The van der Waals surface area contributed by atoms with Crippen molar-refractivity contribution in [2.24, 2.45) is 5.73 Å². The van der Waals surface area contributed by atoms with Crippen LogP contribution in [-0.2, 0) is 14.9 Å². The number of hydrogen-bond donors (Lipinski definition) is 1. The summed E-state index contributed by atoms with van der Waals surface area (Å²) in [5.74, 6) is 0.366. The summed E-state index contributed by atoms with van der Waals surface area (Å²) in [6, 6.07) is 8.42. The molecule has 0 amide bonds. The van der Waals surface area contributed by atoms with E-state index in [1.807, 2.05) is 6.92 Å². The zero-order valence-electron chi connectivity index (χ0n) is 12.0. The third-order valence-corrected chi connectivity index (χ3v) is 4.02. The molecule has 0 atom stereocenters. The van der Waals surface area contributed by atoms with E-state index >= 15 is 0 Å².